The van der Waals surface area contributed by atoms with Crippen LogP contribution in [0.1, 0.15) is 13.3 Å². The van der Waals surface area contributed by atoms with Crippen LogP contribution in [0.2, 0.25) is 0 Å². The van der Waals surface area contributed by atoms with Crippen LogP contribution in [-0.2, 0) is 14.8 Å². The fourth-order valence-corrected chi connectivity index (χ4v) is 4.73. The second-order valence-electron chi connectivity index (χ2n) is 7.05. The first-order chi connectivity index (χ1) is 14.8. The molecule has 1 saturated heterocycles. The summed E-state index contributed by atoms with van der Waals surface area (Å²) in [6.07, 6.45) is 2.99. The Morgan fingerprint density at radius 1 is 1.29 bits per heavy atom. The van der Waals surface area contributed by atoms with E-state index in [0.29, 0.717) is 12.1 Å². The van der Waals surface area contributed by atoms with E-state index < -0.39 is 28.0 Å². The normalized spacial score (nSPS) is 19.2. The number of benzene rings is 1. The molecule has 2 aromatic rings. The van der Waals surface area contributed by atoms with Crippen molar-refractivity contribution in [3.63, 3.8) is 0 Å². The topological polar surface area (TPSA) is 110 Å². The van der Waals surface area contributed by atoms with Crippen molar-refractivity contribution in [1.82, 2.24) is 9.29 Å². The number of pyridine rings is 1. The molecule has 11 heteroatoms. The smallest absolute Gasteiger partial charge is 0.323 e. The van der Waals surface area contributed by atoms with Gasteiger partial charge in [0.1, 0.15) is 17.7 Å². The summed E-state index contributed by atoms with van der Waals surface area (Å²) < 4.78 is 51.2. The summed E-state index contributed by atoms with van der Waals surface area (Å²) in [6.45, 7) is 1.96. The number of anilines is 2. The lowest BCUT2D eigenvalue weighted by Gasteiger charge is -2.22. The van der Waals surface area contributed by atoms with Crippen molar-refractivity contribution in [2.75, 3.05) is 36.6 Å². The number of urea groups is 1. The molecular formula is C20H25FN4O5S. The van der Waals surface area contributed by atoms with Gasteiger partial charge in [-0.15, -0.1) is 0 Å². The number of hydrogen-bond acceptors (Lipinski definition) is 6. The molecule has 0 radical (unpaired) electrons. The molecule has 1 aromatic heterocycles. The summed E-state index contributed by atoms with van der Waals surface area (Å²) in [5.41, 5.74) is 0.682. The molecule has 1 aromatic carbocycles. The van der Waals surface area contributed by atoms with Gasteiger partial charge in [-0.2, -0.15) is 4.31 Å². The van der Waals surface area contributed by atoms with Gasteiger partial charge < -0.3 is 20.1 Å². The van der Waals surface area contributed by atoms with Gasteiger partial charge >= 0.3 is 6.03 Å². The number of ether oxygens (including phenoxy) is 2. The summed E-state index contributed by atoms with van der Waals surface area (Å²) in [7, 11) is -1.92. The van der Waals surface area contributed by atoms with E-state index in [-0.39, 0.29) is 36.4 Å². The largest absolute Gasteiger partial charge is 0.489 e. The van der Waals surface area contributed by atoms with Gasteiger partial charge in [-0.05, 0) is 25.1 Å². The van der Waals surface area contributed by atoms with Crippen LogP contribution in [0.15, 0.2) is 42.7 Å². The van der Waals surface area contributed by atoms with E-state index in [1.807, 2.05) is 0 Å². The molecule has 0 spiro atoms. The molecule has 168 valence electrons. The van der Waals surface area contributed by atoms with Gasteiger partial charge in [-0.25, -0.2) is 17.6 Å². The SMILES string of the molecule is CCS(=O)(=O)N1C[C@H](Oc2cc(F)cc(NC(=O)Nc3cccnc3)c2)C[C@@H]1COC. The van der Waals surface area contributed by atoms with Crippen LogP contribution < -0.4 is 15.4 Å². The summed E-state index contributed by atoms with van der Waals surface area (Å²) >= 11 is 0. The summed E-state index contributed by atoms with van der Waals surface area (Å²) in [4.78, 5) is 16.1. The van der Waals surface area contributed by atoms with Crippen LogP contribution in [0.25, 0.3) is 0 Å². The van der Waals surface area contributed by atoms with Gasteiger partial charge in [0.25, 0.3) is 0 Å². The third-order valence-corrected chi connectivity index (χ3v) is 6.65. The fraction of sp³-hybridized carbons (Fsp3) is 0.400. The first-order valence-electron chi connectivity index (χ1n) is 9.74. The third kappa shape index (κ3) is 6.12. The minimum atomic E-state index is -3.43. The maximum absolute atomic E-state index is 14.1. The Morgan fingerprint density at radius 3 is 2.74 bits per heavy atom. The number of nitrogens with zero attached hydrogens (tertiary/aromatic N) is 2. The minimum absolute atomic E-state index is 0.0278. The number of sulfonamides is 1. The van der Waals surface area contributed by atoms with Crippen molar-refractivity contribution < 1.29 is 27.1 Å². The van der Waals surface area contributed by atoms with Gasteiger partial charge in [-0.1, -0.05) is 0 Å². The van der Waals surface area contributed by atoms with Gasteiger partial charge in [0.05, 0.1) is 36.8 Å². The number of aromatic nitrogens is 1. The van der Waals surface area contributed by atoms with Crippen molar-refractivity contribution in [3.8, 4) is 5.75 Å². The number of hydrogen-bond donors (Lipinski definition) is 2. The maximum Gasteiger partial charge on any atom is 0.323 e. The standard InChI is InChI=1S/C20H25FN4O5S/c1-3-31(27,28)25-12-19(10-17(25)13-29-2)30-18-8-14(21)7-16(9-18)24-20(26)23-15-5-4-6-22-11-15/h4-9,11,17,19H,3,10,12-13H2,1-2H3,(H2,23,24,26)/t17-,19-/m1/s1. The highest BCUT2D eigenvalue weighted by Crippen LogP contribution is 2.28. The molecule has 0 saturated carbocycles. The van der Waals surface area contributed by atoms with Crippen molar-refractivity contribution in [2.45, 2.75) is 25.5 Å². The lowest BCUT2D eigenvalue weighted by Crippen LogP contribution is -2.39. The Kier molecular flexibility index (Phi) is 7.42. The molecule has 1 aliphatic heterocycles. The lowest BCUT2D eigenvalue weighted by atomic mass is 10.2. The van der Waals surface area contributed by atoms with E-state index >= 15 is 0 Å². The van der Waals surface area contributed by atoms with Crippen molar-refractivity contribution in [1.29, 1.82) is 0 Å². The Balaban J connectivity index is 1.68. The first-order valence-corrected chi connectivity index (χ1v) is 11.4. The number of rotatable bonds is 8. The Hall–Kier alpha value is -2.76. The number of nitrogens with one attached hydrogen (secondary N) is 2. The van der Waals surface area contributed by atoms with Crippen LogP contribution in [0.4, 0.5) is 20.6 Å². The second-order valence-corrected chi connectivity index (χ2v) is 9.26. The predicted molar refractivity (Wildman–Crippen MR) is 114 cm³/mol. The van der Waals surface area contributed by atoms with Gasteiger partial charge in [-0.3, -0.25) is 4.98 Å². The quantitative estimate of drug-likeness (QED) is 0.637. The van der Waals surface area contributed by atoms with Gasteiger partial charge in [0.2, 0.25) is 10.0 Å². The van der Waals surface area contributed by atoms with E-state index in [9.17, 15) is 17.6 Å². The van der Waals surface area contributed by atoms with E-state index in [0.717, 1.165) is 6.07 Å². The highest BCUT2D eigenvalue weighted by molar-refractivity contribution is 7.89. The van der Waals surface area contributed by atoms with E-state index in [1.54, 1.807) is 25.3 Å². The van der Waals surface area contributed by atoms with Crippen LogP contribution in [0, 0.1) is 5.82 Å². The Morgan fingerprint density at radius 2 is 2.06 bits per heavy atom. The monoisotopic (exact) mass is 452 g/mol. The summed E-state index contributed by atoms with van der Waals surface area (Å²) in [6, 6.07) is 6.25. The zero-order valence-corrected chi connectivity index (χ0v) is 18.1. The lowest BCUT2D eigenvalue weighted by molar-refractivity contribution is 0.147. The molecule has 31 heavy (non-hydrogen) atoms. The number of carbonyl (C=O) groups is 1. The van der Waals surface area contributed by atoms with Crippen LogP contribution >= 0.6 is 0 Å². The minimum Gasteiger partial charge on any atom is -0.489 e. The molecule has 1 fully saturated rings. The molecule has 2 atom stereocenters. The number of methoxy groups -OCH3 is 1. The molecule has 9 nitrogen and oxygen atoms in total. The highest BCUT2D eigenvalue weighted by atomic mass is 32.2. The molecule has 3 rings (SSSR count). The molecule has 2 N–H and O–H groups in total. The van der Waals surface area contributed by atoms with E-state index in [2.05, 4.69) is 15.6 Å². The molecule has 1 aliphatic rings. The number of halogens is 1. The summed E-state index contributed by atoms with van der Waals surface area (Å²) in [5.74, 6) is -0.438. The highest BCUT2D eigenvalue weighted by Gasteiger charge is 2.39. The maximum atomic E-state index is 14.1. The predicted octanol–water partition coefficient (Wildman–Crippen LogP) is 2.68. The summed E-state index contributed by atoms with van der Waals surface area (Å²) in [5, 5.41) is 5.13. The van der Waals surface area contributed by atoms with Crippen molar-refractivity contribution in [3.05, 3.63) is 48.5 Å². The zero-order chi connectivity index (χ0) is 22.4. The average Bonchev–Trinajstić information content (AvgIpc) is 3.11. The van der Waals surface area contributed by atoms with E-state index in [1.165, 1.54) is 29.7 Å². The molecule has 0 bridgehead atoms. The van der Waals surface area contributed by atoms with Crippen LogP contribution in [0.3, 0.4) is 0 Å². The molecule has 0 aliphatic carbocycles. The number of carbonyl (C=O) groups excluding carboxylic acids is 1. The first kappa shape index (κ1) is 22.9. The van der Waals surface area contributed by atoms with Crippen LogP contribution in [0.5, 0.6) is 5.75 Å². The third-order valence-electron chi connectivity index (χ3n) is 4.76. The average molecular weight is 453 g/mol. The Labute approximate surface area is 180 Å². The van der Waals surface area contributed by atoms with Crippen molar-refractivity contribution in [2.24, 2.45) is 0 Å². The van der Waals surface area contributed by atoms with Gasteiger partial charge in [0.15, 0.2) is 0 Å². The fourth-order valence-electron chi connectivity index (χ4n) is 3.41. The van der Waals surface area contributed by atoms with Gasteiger partial charge in [0, 0.05) is 37.5 Å². The van der Waals surface area contributed by atoms with E-state index in [4.69, 9.17) is 9.47 Å². The number of amides is 2. The second kappa shape index (κ2) is 10.0. The molecule has 0 unspecified atom stereocenters. The zero-order valence-electron chi connectivity index (χ0n) is 17.2. The van der Waals surface area contributed by atoms with Crippen molar-refractivity contribution >= 4 is 27.4 Å². The molecule has 2 heterocycles. The Bertz CT molecular complexity index is 1010. The molecular weight excluding hydrogens is 427 g/mol. The molecule has 2 amide bonds. The van der Waals surface area contributed by atoms with Crippen LogP contribution in [-0.4, -0.2) is 61.9 Å².